The fourth-order valence-electron chi connectivity index (χ4n) is 6.31. The van der Waals surface area contributed by atoms with Crippen molar-refractivity contribution in [3.8, 4) is 11.8 Å². The van der Waals surface area contributed by atoms with Crippen molar-refractivity contribution < 1.29 is 4.74 Å². The Kier molecular flexibility index (Phi) is 8.95. The molecule has 0 saturated carbocycles. The summed E-state index contributed by atoms with van der Waals surface area (Å²) in [6, 6.07) is 12.5. The van der Waals surface area contributed by atoms with Crippen molar-refractivity contribution in [2.75, 3.05) is 61.6 Å². The van der Waals surface area contributed by atoms with Gasteiger partial charge in [0, 0.05) is 92.0 Å². The van der Waals surface area contributed by atoms with Crippen molar-refractivity contribution in [1.29, 1.82) is 0 Å². The Morgan fingerprint density at radius 2 is 1.98 bits per heavy atom. The summed E-state index contributed by atoms with van der Waals surface area (Å²) in [5, 5.41) is 7.55. The number of allylic oxidation sites excluding steroid dienone is 2. The molecule has 1 atom stereocenters. The number of anilines is 4. The Hall–Kier alpha value is -5.05. The molecule has 2 saturated heterocycles. The predicted octanol–water partition coefficient (Wildman–Crippen LogP) is 4.10. The highest BCUT2D eigenvalue weighted by Gasteiger charge is 2.20. The SMILES string of the molecule is CC1=C(C#Cc2cc3cnc(Nc4ccc(N(C)C5CCCNC5)cc4)nc3n(Cc3cnccc3N3CCOCC3)c2=O)N=CC1. The van der Waals surface area contributed by atoms with Crippen LogP contribution in [-0.2, 0) is 11.3 Å². The van der Waals surface area contributed by atoms with E-state index in [4.69, 9.17) is 9.72 Å². The molecule has 3 aliphatic rings. The van der Waals surface area contributed by atoms with Gasteiger partial charge in [-0.3, -0.25) is 19.3 Å². The lowest BCUT2D eigenvalue weighted by Crippen LogP contribution is -2.44. The standard InChI is InChI=1S/C36H39N9O2/c1-25-11-15-39-32(25)10-5-26-20-27-22-40-36(41-29-6-8-30(9-7-29)43(2)31-4-3-13-37-23-31)42-34(27)45(35(26)46)24-28-21-38-14-12-33(28)44-16-18-47-19-17-44/h6-9,12,14-15,20-22,31,37H,3-4,11,13,16-19,23-24H2,1-2H3,(H,40,41,42). The smallest absolute Gasteiger partial charge is 0.268 e. The minimum absolute atomic E-state index is 0.226. The van der Waals surface area contributed by atoms with E-state index in [0.29, 0.717) is 42.1 Å². The van der Waals surface area contributed by atoms with E-state index < -0.39 is 0 Å². The zero-order valence-electron chi connectivity index (χ0n) is 26.9. The molecule has 47 heavy (non-hydrogen) atoms. The molecule has 3 aromatic heterocycles. The second kappa shape index (κ2) is 13.7. The molecule has 0 amide bonds. The van der Waals surface area contributed by atoms with Gasteiger partial charge in [-0.05, 0) is 74.2 Å². The number of nitrogens with zero attached hydrogens (tertiary/aromatic N) is 7. The maximum Gasteiger partial charge on any atom is 0.268 e. The van der Waals surface area contributed by atoms with Crippen molar-refractivity contribution in [1.82, 2.24) is 24.8 Å². The van der Waals surface area contributed by atoms with Crippen LogP contribution in [0.5, 0.6) is 0 Å². The lowest BCUT2D eigenvalue weighted by molar-refractivity contribution is 0.122. The number of likely N-dealkylation sites (N-methyl/N-ethyl adjacent to an activating group) is 1. The van der Waals surface area contributed by atoms with Gasteiger partial charge in [0.05, 0.1) is 25.3 Å². The average molecular weight is 630 g/mol. The Labute approximate surface area is 274 Å². The molecule has 6 heterocycles. The summed E-state index contributed by atoms with van der Waals surface area (Å²) < 4.78 is 7.27. The number of ether oxygens (including phenoxy) is 1. The number of hydrogen-bond acceptors (Lipinski definition) is 10. The molecule has 11 heteroatoms. The molecule has 0 radical (unpaired) electrons. The van der Waals surface area contributed by atoms with Crippen LogP contribution >= 0.6 is 0 Å². The molecular formula is C36H39N9O2. The first-order valence-corrected chi connectivity index (χ1v) is 16.2. The fourth-order valence-corrected chi connectivity index (χ4v) is 6.31. The van der Waals surface area contributed by atoms with E-state index in [-0.39, 0.29) is 12.1 Å². The van der Waals surface area contributed by atoms with Crippen LogP contribution in [0.4, 0.5) is 23.0 Å². The fraction of sp³-hybridized carbons (Fsp3) is 0.361. The summed E-state index contributed by atoms with van der Waals surface area (Å²) in [4.78, 5) is 37.0. The molecule has 2 N–H and O–H groups in total. The van der Waals surface area contributed by atoms with Gasteiger partial charge in [0.1, 0.15) is 11.3 Å². The van der Waals surface area contributed by atoms with Crippen LogP contribution < -0.4 is 26.0 Å². The van der Waals surface area contributed by atoms with Crippen molar-refractivity contribution in [3.05, 3.63) is 87.7 Å². The van der Waals surface area contributed by atoms with Crippen molar-refractivity contribution in [2.45, 2.75) is 38.8 Å². The number of pyridine rings is 2. The van der Waals surface area contributed by atoms with Gasteiger partial charge in [0.25, 0.3) is 5.56 Å². The molecule has 0 aliphatic carbocycles. The largest absolute Gasteiger partial charge is 0.378 e. The second-order valence-corrected chi connectivity index (χ2v) is 12.2. The molecule has 1 unspecified atom stereocenters. The van der Waals surface area contributed by atoms with E-state index in [1.54, 1.807) is 23.0 Å². The van der Waals surface area contributed by atoms with Crippen LogP contribution in [0.15, 0.2) is 76.0 Å². The topological polar surface area (TPSA) is 113 Å². The van der Waals surface area contributed by atoms with Gasteiger partial charge in [0.2, 0.25) is 5.95 Å². The summed E-state index contributed by atoms with van der Waals surface area (Å²) in [7, 11) is 2.15. The molecule has 11 nitrogen and oxygen atoms in total. The number of hydrogen-bond donors (Lipinski definition) is 2. The second-order valence-electron chi connectivity index (χ2n) is 12.2. The van der Waals surface area contributed by atoms with Gasteiger partial charge >= 0.3 is 0 Å². The van der Waals surface area contributed by atoms with Gasteiger partial charge in [-0.2, -0.15) is 4.98 Å². The van der Waals surface area contributed by atoms with Crippen LogP contribution in [0.2, 0.25) is 0 Å². The highest BCUT2D eigenvalue weighted by Crippen LogP contribution is 2.25. The third-order valence-corrected chi connectivity index (χ3v) is 9.07. The van der Waals surface area contributed by atoms with Gasteiger partial charge in [-0.1, -0.05) is 5.92 Å². The van der Waals surface area contributed by atoms with Crippen molar-refractivity contribution in [3.63, 3.8) is 0 Å². The van der Waals surface area contributed by atoms with Gasteiger partial charge in [0.15, 0.2) is 0 Å². The Balaban J connectivity index is 1.23. The van der Waals surface area contributed by atoms with E-state index in [1.165, 1.54) is 12.8 Å². The van der Waals surface area contributed by atoms with Gasteiger partial charge in [-0.25, -0.2) is 4.98 Å². The van der Waals surface area contributed by atoms with Crippen LogP contribution in [0.3, 0.4) is 0 Å². The number of benzene rings is 1. The highest BCUT2D eigenvalue weighted by atomic mass is 16.5. The van der Waals surface area contributed by atoms with Gasteiger partial charge < -0.3 is 25.2 Å². The first kappa shape index (κ1) is 30.6. The molecule has 1 aromatic carbocycles. The Bertz CT molecular complexity index is 1940. The number of piperidine rings is 1. The summed E-state index contributed by atoms with van der Waals surface area (Å²) in [5.41, 5.74) is 6.44. The van der Waals surface area contributed by atoms with E-state index in [9.17, 15) is 4.79 Å². The normalized spacial score (nSPS) is 17.9. The third kappa shape index (κ3) is 6.75. The zero-order valence-corrected chi connectivity index (χ0v) is 26.9. The maximum absolute atomic E-state index is 14.1. The first-order chi connectivity index (χ1) is 23.0. The predicted molar refractivity (Wildman–Crippen MR) is 187 cm³/mol. The minimum atomic E-state index is -0.226. The minimum Gasteiger partial charge on any atom is -0.378 e. The number of rotatable bonds is 7. The molecule has 240 valence electrons. The monoisotopic (exact) mass is 629 g/mol. The van der Waals surface area contributed by atoms with E-state index in [0.717, 1.165) is 66.2 Å². The molecule has 2 fully saturated rings. The van der Waals surface area contributed by atoms with Crippen LogP contribution in [0, 0.1) is 11.8 Å². The molecule has 0 spiro atoms. The quantitative estimate of drug-likeness (QED) is 0.292. The molecule has 0 bridgehead atoms. The maximum atomic E-state index is 14.1. The number of morpholine rings is 1. The summed E-state index contributed by atoms with van der Waals surface area (Å²) >= 11 is 0. The Morgan fingerprint density at radius 1 is 1.13 bits per heavy atom. The first-order valence-electron chi connectivity index (χ1n) is 16.2. The van der Waals surface area contributed by atoms with Crippen LogP contribution in [0.25, 0.3) is 11.0 Å². The molecule has 4 aromatic rings. The lowest BCUT2D eigenvalue weighted by Gasteiger charge is -2.33. The molecule has 7 rings (SSSR count). The number of fused-ring (bicyclic) bond motifs is 1. The number of aromatic nitrogens is 4. The van der Waals surface area contributed by atoms with Crippen LogP contribution in [-0.4, -0.2) is 78.2 Å². The van der Waals surface area contributed by atoms with E-state index in [1.807, 2.05) is 37.5 Å². The lowest BCUT2D eigenvalue weighted by atomic mass is 10.1. The summed E-state index contributed by atoms with van der Waals surface area (Å²) in [6.45, 7) is 7.23. The number of aliphatic imine (C=N–C) groups is 1. The summed E-state index contributed by atoms with van der Waals surface area (Å²) in [6.07, 6.45) is 10.3. The van der Waals surface area contributed by atoms with E-state index in [2.05, 4.69) is 66.4 Å². The highest BCUT2D eigenvalue weighted by molar-refractivity contribution is 5.78. The zero-order chi connectivity index (χ0) is 32.2. The average Bonchev–Trinajstić information content (AvgIpc) is 3.54. The molecule has 3 aliphatic heterocycles. The van der Waals surface area contributed by atoms with Crippen LogP contribution in [0.1, 0.15) is 37.3 Å². The van der Waals surface area contributed by atoms with Crippen molar-refractivity contribution >= 4 is 40.3 Å². The summed E-state index contributed by atoms with van der Waals surface area (Å²) in [5.74, 6) is 6.61. The van der Waals surface area contributed by atoms with Crippen molar-refractivity contribution in [2.24, 2.45) is 4.99 Å². The number of nitrogens with one attached hydrogen (secondary N) is 2. The third-order valence-electron chi connectivity index (χ3n) is 9.07. The Morgan fingerprint density at radius 3 is 2.74 bits per heavy atom. The van der Waals surface area contributed by atoms with Gasteiger partial charge in [-0.15, -0.1) is 0 Å². The molecular weight excluding hydrogens is 590 g/mol. The van der Waals surface area contributed by atoms with E-state index >= 15 is 0 Å².